The Morgan fingerprint density at radius 2 is 1.85 bits per heavy atom. The third kappa shape index (κ3) is 5.44. The molecule has 4 rings (SSSR count). The van der Waals surface area contributed by atoms with Gasteiger partial charge in [-0.1, -0.05) is 6.07 Å². The molecule has 10 nitrogen and oxygen atoms in total. The van der Waals surface area contributed by atoms with E-state index in [-0.39, 0.29) is 29.7 Å². The lowest BCUT2D eigenvalue weighted by atomic mass is 9.98. The number of aromatic amines is 2. The fourth-order valence-electron chi connectivity index (χ4n) is 4.24. The Balaban J connectivity index is 1.45. The number of ether oxygens (including phenoxy) is 2. The minimum atomic E-state index is -3.70. The van der Waals surface area contributed by atoms with Crippen LogP contribution in [0.2, 0.25) is 0 Å². The van der Waals surface area contributed by atoms with Crippen molar-refractivity contribution in [1.82, 2.24) is 20.6 Å². The molecular weight excluding hydrogens is 460 g/mol. The summed E-state index contributed by atoms with van der Waals surface area (Å²) in [5.74, 6) is 0.910. The number of para-hydroxylation sites is 1. The quantitative estimate of drug-likeness (QED) is 0.283. The third-order valence-electron chi connectivity index (χ3n) is 6.03. The van der Waals surface area contributed by atoms with E-state index in [1.165, 1.54) is 7.11 Å². The summed E-state index contributed by atoms with van der Waals surface area (Å²) in [5.41, 5.74) is 0.774. The van der Waals surface area contributed by atoms with Crippen LogP contribution in [0.15, 0.2) is 52.2 Å². The first-order valence-electron chi connectivity index (χ1n) is 11.2. The van der Waals surface area contributed by atoms with Crippen molar-refractivity contribution in [3.63, 3.8) is 0 Å². The number of H-pyrrole nitrogens is 2. The zero-order chi connectivity index (χ0) is 24.1. The monoisotopic (exact) mass is 490 g/mol. The van der Waals surface area contributed by atoms with Crippen LogP contribution >= 0.6 is 0 Å². The Kier molecular flexibility index (Phi) is 7.57. The lowest BCUT2D eigenvalue weighted by Crippen LogP contribution is -2.49. The van der Waals surface area contributed by atoms with Gasteiger partial charge < -0.3 is 29.9 Å². The molecule has 2 aromatic carbocycles. The largest absolute Gasteiger partial charge is 0.497 e. The SMILES string of the molecule is COc1ccc(S(=O)(=O)C(NC[C@H](O)COc2cccc3[nH]c(=O)[nH]c23)C2CCNCC2)cc1. The van der Waals surface area contributed by atoms with E-state index in [1.807, 2.05) is 0 Å². The van der Waals surface area contributed by atoms with Crippen LogP contribution < -0.4 is 25.8 Å². The minimum Gasteiger partial charge on any atom is -0.497 e. The average molecular weight is 491 g/mol. The van der Waals surface area contributed by atoms with E-state index in [0.29, 0.717) is 35.4 Å². The second kappa shape index (κ2) is 10.6. The maximum atomic E-state index is 13.5. The van der Waals surface area contributed by atoms with Crippen LogP contribution in [0, 0.1) is 5.92 Å². The molecule has 0 amide bonds. The van der Waals surface area contributed by atoms with Gasteiger partial charge in [0.2, 0.25) is 0 Å². The van der Waals surface area contributed by atoms with Crippen molar-refractivity contribution >= 4 is 20.9 Å². The number of rotatable bonds is 10. The van der Waals surface area contributed by atoms with Gasteiger partial charge in [0.05, 0.1) is 17.5 Å². The molecule has 184 valence electrons. The molecule has 0 spiro atoms. The van der Waals surface area contributed by atoms with Crippen molar-refractivity contribution in [3.8, 4) is 11.5 Å². The van der Waals surface area contributed by atoms with Gasteiger partial charge in [-0.3, -0.25) is 5.32 Å². The molecule has 0 radical (unpaired) electrons. The Hall–Kier alpha value is -2.86. The highest BCUT2D eigenvalue weighted by Gasteiger charge is 2.35. The third-order valence-corrected chi connectivity index (χ3v) is 8.18. The number of nitrogens with one attached hydrogen (secondary N) is 4. The van der Waals surface area contributed by atoms with Crippen LogP contribution in [0.5, 0.6) is 11.5 Å². The molecule has 1 unspecified atom stereocenters. The van der Waals surface area contributed by atoms with Crippen molar-refractivity contribution in [3.05, 3.63) is 52.9 Å². The van der Waals surface area contributed by atoms with Crippen molar-refractivity contribution < 1.29 is 23.0 Å². The number of piperidine rings is 1. The summed E-state index contributed by atoms with van der Waals surface area (Å²) >= 11 is 0. The van der Waals surface area contributed by atoms with Crippen LogP contribution in [-0.4, -0.2) is 68.3 Å². The fourth-order valence-corrected chi connectivity index (χ4v) is 6.14. The van der Waals surface area contributed by atoms with Crippen molar-refractivity contribution in [2.75, 3.05) is 33.4 Å². The molecule has 1 saturated heterocycles. The van der Waals surface area contributed by atoms with E-state index < -0.39 is 21.3 Å². The zero-order valence-electron chi connectivity index (χ0n) is 18.9. The average Bonchev–Trinajstić information content (AvgIpc) is 3.24. The molecule has 1 aliphatic heterocycles. The molecule has 2 heterocycles. The Labute approximate surface area is 197 Å². The minimum absolute atomic E-state index is 0.0314. The number of sulfone groups is 1. The molecule has 1 fully saturated rings. The normalized spacial score (nSPS) is 16.9. The van der Waals surface area contributed by atoms with Crippen LogP contribution in [-0.2, 0) is 9.84 Å². The molecule has 0 bridgehead atoms. The summed E-state index contributed by atoms with van der Waals surface area (Å²) in [6.07, 6.45) is 0.460. The van der Waals surface area contributed by atoms with Gasteiger partial charge in [0.25, 0.3) is 0 Å². The van der Waals surface area contributed by atoms with E-state index in [1.54, 1.807) is 42.5 Å². The number of benzene rings is 2. The summed E-state index contributed by atoms with van der Waals surface area (Å²) in [5, 5.41) is 16.1. The molecule has 1 aromatic heterocycles. The van der Waals surface area contributed by atoms with E-state index in [9.17, 15) is 18.3 Å². The van der Waals surface area contributed by atoms with E-state index in [4.69, 9.17) is 9.47 Å². The van der Waals surface area contributed by atoms with Crippen LogP contribution in [0.25, 0.3) is 11.0 Å². The lowest BCUT2D eigenvalue weighted by molar-refractivity contribution is 0.104. The summed E-state index contributed by atoms with van der Waals surface area (Å²) in [7, 11) is -2.18. The van der Waals surface area contributed by atoms with E-state index in [0.717, 1.165) is 13.1 Å². The van der Waals surface area contributed by atoms with Gasteiger partial charge in [0.15, 0.2) is 9.84 Å². The number of aromatic nitrogens is 2. The molecule has 5 N–H and O–H groups in total. The molecule has 0 saturated carbocycles. The molecule has 2 atom stereocenters. The van der Waals surface area contributed by atoms with Crippen LogP contribution in [0.3, 0.4) is 0 Å². The first-order valence-corrected chi connectivity index (χ1v) is 12.8. The number of methoxy groups -OCH3 is 1. The summed E-state index contributed by atoms with van der Waals surface area (Å²) in [4.78, 5) is 17.1. The van der Waals surface area contributed by atoms with Crippen LogP contribution in [0.1, 0.15) is 12.8 Å². The van der Waals surface area contributed by atoms with Crippen molar-refractivity contribution in [2.45, 2.75) is 29.2 Å². The highest BCUT2D eigenvalue weighted by molar-refractivity contribution is 7.92. The number of aliphatic hydroxyl groups is 1. The molecular formula is C23H30N4O6S. The first kappa shape index (κ1) is 24.3. The predicted molar refractivity (Wildman–Crippen MR) is 128 cm³/mol. The highest BCUT2D eigenvalue weighted by Crippen LogP contribution is 2.27. The van der Waals surface area contributed by atoms with E-state index in [2.05, 4.69) is 20.6 Å². The number of hydrogen-bond acceptors (Lipinski definition) is 8. The number of hydrogen-bond donors (Lipinski definition) is 5. The van der Waals surface area contributed by atoms with Gasteiger partial charge in [-0.05, 0) is 68.2 Å². The van der Waals surface area contributed by atoms with Crippen molar-refractivity contribution in [1.29, 1.82) is 0 Å². The Morgan fingerprint density at radius 3 is 2.56 bits per heavy atom. The zero-order valence-corrected chi connectivity index (χ0v) is 19.7. The molecule has 3 aromatic rings. The number of imidazole rings is 1. The second-order valence-electron chi connectivity index (χ2n) is 8.36. The molecule has 0 aliphatic carbocycles. The number of fused-ring (bicyclic) bond motifs is 1. The van der Waals surface area contributed by atoms with Gasteiger partial charge in [-0.25, -0.2) is 13.2 Å². The summed E-state index contributed by atoms with van der Waals surface area (Å²) in [6.45, 7) is 1.45. The highest BCUT2D eigenvalue weighted by atomic mass is 32.2. The second-order valence-corrected chi connectivity index (χ2v) is 10.4. The molecule has 1 aliphatic rings. The van der Waals surface area contributed by atoms with Crippen LogP contribution in [0.4, 0.5) is 0 Å². The van der Waals surface area contributed by atoms with Gasteiger partial charge in [0.1, 0.15) is 35.1 Å². The standard InChI is InChI=1S/C23H30N4O6S/c1-32-17-5-7-18(8-6-17)34(30,31)22(15-9-11-24-12-10-15)25-13-16(28)14-33-20-4-2-3-19-21(20)27-23(29)26-19/h2-8,15-16,22,24-25,28H,9-14H2,1H3,(H2,26,27,29)/t16-,22?/m0/s1. The van der Waals surface area contributed by atoms with Gasteiger partial charge in [-0.15, -0.1) is 0 Å². The fraction of sp³-hybridized carbons (Fsp3) is 0.435. The molecule has 34 heavy (non-hydrogen) atoms. The maximum Gasteiger partial charge on any atom is 0.323 e. The maximum absolute atomic E-state index is 13.5. The number of aliphatic hydroxyl groups excluding tert-OH is 1. The van der Waals surface area contributed by atoms with Gasteiger partial charge >= 0.3 is 5.69 Å². The van der Waals surface area contributed by atoms with Crippen molar-refractivity contribution in [2.24, 2.45) is 5.92 Å². The van der Waals surface area contributed by atoms with Gasteiger partial charge in [-0.2, -0.15) is 0 Å². The Morgan fingerprint density at radius 1 is 1.12 bits per heavy atom. The first-order chi connectivity index (χ1) is 16.4. The van der Waals surface area contributed by atoms with E-state index >= 15 is 0 Å². The lowest BCUT2D eigenvalue weighted by Gasteiger charge is -2.31. The summed E-state index contributed by atoms with van der Waals surface area (Å²) < 4.78 is 37.9. The smallest absolute Gasteiger partial charge is 0.323 e. The molecule has 11 heteroatoms. The van der Waals surface area contributed by atoms with Gasteiger partial charge in [0, 0.05) is 6.54 Å². The Bertz CT molecular complexity index is 1250. The topological polar surface area (TPSA) is 146 Å². The predicted octanol–water partition coefficient (Wildman–Crippen LogP) is 0.994. The summed E-state index contributed by atoms with van der Waals surface area (Å²) in [6, 6.07) is 11.5.